The summed E-state index contributed by atoms with van der Waals surface area (Å²) in [5.74, 6) is -2.03. The second kappa shape index (κ2) is 13.3. The van der Waals surface area contributed by atoms with Crippen molar-refractivity contribution in [2.24, 2.45) is 0 Å². The number of carboxylic acids is 1. The summed E-state index contributed by atoms with van der Waals surface area (Å²) in [5, 5.41) is 14.9. The maximum absolute atomic E-state index is 13.3. The average Bonchev–Trinajstić information content (AvgIpc) is 3.23. The SMILES string of the molecule is COCc1ccc(C(C)=O)c2sc(C(=O)Nc3ccc4c(COC(=O)CCC(=O)[O-])cccc4n3)c(C)c12.[Na+]. The molecule has 2 aromatic carbocycles. The number of hydrogen-bond acceptors (Lipinski definition) is 9. The fourth-order valence-corrected chi connectivity index (χ4v) is 5.54. The third-order valence-electron chi connectivity index (χ3n) is 6.03. The van der Waals surface area contributed by atoms with E-state index in [2.05, 4.69) is 10.3 Å². The molecule has 0 radical (unpaired) electrons. The van der Waals surface area contributed by atoms with Gasteiger partial charge in [0.1, 0.15) is 12.4 Å². The number of aromatic nitrogens is 1. The zero-order valence-corrected chi connectivity index (χ0v) is 24.9. The van der Waals surface area contributed by atoms with E-state index < -0.39 is 18.4 Å². The number of anilines is 1. The van der Waals surface area contributed by atoms with Gasteiger partial charge in [-0.1, -0.05) is 18.2 Å². The van der Waals surface area contributed by atoms with Gasteiger partial charge in [0.2, 0.25) is 0 Å². The van der Waals surface area contributed by atoms with Gasteiger partial charge in [-0.15, -0.1) is 11.3 Å². The number of thiophene rings is 1. The van der Waals surface area contributed by atoms with Gasteiger partial charge in [0.05, 0.1) is 23.4 Å². The normalized spacial score (nSPS) is 10.7. The molecule has 0 aliphatic rings. The molecule has 0 aliphatic carbocycles. The number of carbonyl (C=O) groups excluding carboxylic acids is 4. The maximum atomic E-state index is 13.3. The number of rotatable bonds is 10. The fraction of sp³-hybridized carbons (Fsp3) is 0.250. The van der Waals surface area contributed by atoms with E-state index in [4.69, 9.17) is 9.47 Å². The topological polar surface area (TPSA) is 135 Å². The number of aryl methyl sites for hydroxylation is 1. The number of Topliss-reactive ketones (excluding diaryl/α,β-unsaturated/α-hetero) is 1. The Balaban J connectivity index is 0.00000420. The summed E-state index contributed by atoms with van der Waals surface area (Å²) in [6, 6.07) is 12.3. The molecular weight excluding hydrogens is 531 g/mol. The molecule has 0 bridgehead atoms. The van der Waals surface area contributed by atoms with Crippen molar-refractivity contribution in [2.45, 2.75) is 39.9 Å². The Hall–Kier alpha value is -3.15. The summed E-state index contributed by atoms with van der Waals surface area (Å²) in [5.41, 5.74) is 3.50. The van der Waals surface area contributed by atoms with E-state index >= 15 is 0 Å². The van der Waals surface area contributed by atoms with Crippen molar-refractivity contribution < 1.29 is 63.3 Å². The quantitative estimate of drug-likeness (QED) is 0.173. The molecule has 2 heterocycles. The zero-order valence-electron chi connectivity index (χ0n) is 22.1. The number of hydrogen-bond donors (Lipinski definition) is 1. The first-order valence-corrected chi connectivity index (χ1v) is 12.6. The number of carbonyl (C=O) groups is 4. The fourth-order valence-electron chi connectivity index (χ4n) is 4.22. The van der Waals surface area contributed by atoms with Crippen LogP contribution in [-0.2, 0) is 32.3 Å². The van der Waals surface area contributed by atoms with Gasteiger partial charge in [-0.25, -0.2) is 4.98 Å². The summed E-state index contributed by atoms with van der Waals surface area (Å²) in [6.07, 6.45) is -0.665. The molecule has 4 aromatic rings. The van der Waals surface area contributed by atoms with Gasteiger partial charge in [-0.05, 0) is 61.2 Å². The first-order chi connectivity index (χ1) is 18.2. The van der Waals surface area contributed by atoms with Gasteiger partial charge in [0.25, 0.3) is 5.91 Å². The molecule has 0 saturated carbocycles. The van der Waals surface area contributed by atoms with Crippen molar-refractivity contribution >= 4 is 61.8 Å². The smallest absolute Gasteiger partial charge is 0.550 e. The third kappa shape index (κ3) is 6.90. The molecule has 4 rings (SSSR count). The molecule has 0 spiro atoms. The monoisotopic (exact) mass is 556 g/mol. The van der Waals surface area contributed by atoms with Crippen LogP contribution in [0.1, 0.15) is 56.5 Å². The van der Waals surface area contributed by atoms with Gasteiger partial charge < -0.3 is 24.7 Å². The number of ketones is 1. The van der Waals surface area contributed by atoms with Crippen molar-refractivity contribution in [2.75, 3.05) is 12.4 Å². The van der Waals surface area contributed by atoms with Crippen molar-refractivity contribution in [3.05, 3.63) is 69.6 Å². The van der Waals surface area contributed by atoms with Gasteiger partial charge >= 0.3 is 35.5 Å². The first-order valence-electron chi connectivity index (χ1n) is 11.8. The predicted octanol–water partition coefficient (Wildman–Crippen LogP) is 0.937. The molecule has 9 nitrogen and oxygen atoms in total. The number of amides is 1. The minimum absolute atomic E-state index is 0. The molecule has 1 N–H and O–H groups in total. The Morgan fingerprint density at radius 2 is 1.77 bits per heavy atom. The van der Waals surface area contributed by atoms with Crippen molar-refractivity contribution in [3.63, 3.8) is 0 Å². The molecule has 0 saturated heterocycles. The van der Waals surface area contributed by atoms with Crippen LogP contribution in [0, 0.1) is 6.92 Å². The molecule has 0 atom stereocenters. The number of esters is 1. The van der Waals surface area contributed by atoms with Crippen LogP contribution in [-0.4, -0.2) is 35.7 Å². The molecule has 2 aromatic heterocycles. The van der Waals surface area contributed by atoms with E-state index in [-0.39, 0.29) is 54.3 Å². The van der Waals surface area contributed by atoms with E-state index in [1.165, 1.54) is 18.3 Å². The molecular formula is C28H25N2NaO7S. The summed E-state index contributed by atoms with van der Waals surface area (Å²) < 4.78 is 11.2. The van der Waals surface area contributed by atoms with Gasteiger partial charge in [-0.2, -0.15) is 0 Å². The molecule has 1 amide bonds. The molecule has 196 valence electrons. The van der Waals surface area contributed by atoms with Crippen LogP contribution in [0.2, 0.25) is 0 Å². The van der Waals surface area contributed by atoms with Gasteiger partial charge in [0, 0.05) is 34.1 Å². The van der Waals surface area contributed by atoms with Crippen LogP contribution in [0.25, 0.3) is 21.0 Å². The Kier molecular flexibility index (Phi) is 10.3. The van der Waals surface area contributed by atoms with E-state index in [0.29, 0.717) is 33.9 Å². The van der Waals surface area contributed by atoms with Crippen LogP contribution >= 0.6 is 11.3 Å². The first kappa shape index (κ1) is 30.4. The number of pyridine rings is 1. The number of ether oxygens (including phenoxy) is 2. The van der Waals surface area contributed by atoms with Crippen LogP contribution in [0.4, 0.5) is 5.82 Å². The number of carboxylic acid groups (broad SMARTS) is 1. The minimum atomic E-state index is -1.31. The van der Waals surface area contributed by atoms with Gasteiger partial charge in [-0.3, -0.25) is 14.4 Å². The maximum Gasteiger partial charge on any atom is 1.00 e. The van der Waals surface area contributed by atoms with E-state index in [0.717, 1.165) is 26.6 Å². The average molecular weight is 557 g/mol. The van der Waals surface area contributed by atoms with Crippen LogP contribution in [0.15, 0.2) is 42.5 Å². The molecule has 0 aliphatic heterocycles. The van der Waals surface area contributed by atoms with E-state index in [1.807, 2.05) is 13.0 Å². The third-order valence-corrected chi connectivity index (χ3v) is 7.36. The number of nitrogens with zero attached hydrogens (tertiary/aromatic N) is 1. The summed E-state index contributed by atoms with van der Waals surface area (Å²) >= 11 is 1.26. The van der Waals surface area contributed by atoms with Crippen molar-refractivity contribution in [3.8, 4) is 0 Å². The van der Waals surface area contributed by atoms with Crippen molar-refractivity contribution in [1.82, 2.24) is 4.98 Å². The molecule has 0 unspecified atom stereocenters. The number of fused-ring (bicyclic) bond motifs is 2. The standard InChI is InChI=1S/C28H26N2O7S.Na/c1-15-25-18(13-36-3)7-8-19(16(2)31)27(25)38-26(15)28(35)30-22-10-9-20-17(5-4-6-21(20)29-22)14-37-24(34)12-11-23(32)33;/h4-10H,11-14H2,1-3H3,(H,32,33)(H,29,30,35);/q;+1/p-1. The minimum Gasteiger partial charge on any atom is -0.550 e. The molecule has 39 heavy (non-hydrogen) atoms. The van der Waals surface area contributed by atoms with Gasteiger partial charge in [0.15, 0.2) is 5.78 Å². The van der Waals surface area contributed by atoms with Crippen LogP contribution < -0.4 is 40.0 Å². The number of aliphatic carboxylic acids is 1. The largest absolute Gasteiger partial charge is 1.00 e. The molecule has 11 heteroatoms. The Labute approximate surface area is 250 Å². The predicted molar refractivity (Wildman–Crippen MR) is 141 cm³/mol. The Bertz CT molecular complexity index is 1580. The van der Waals surface area contributed by atoms with Crippen LogP contribution in [0.5, 0.6) is 0 Å². The van der Waals surface area contributed by atoms with E-state index in [9.17, 15) is 24.3 Å². The number of methoxy groups -OCH3 is 1. The Morgan fingerprint density at radius 3 is 2.46 bits per heavy atom. The number of nitrogens with one attached hydrogen (secondary N) is 1. The number of benzene rings is 2. The second-order valence-electron chi connectivity index (χ2n) is 8.69. The second-order valence-corrected chi connectivity index (χ2v) is 9.71. The molecule has 0 fully saturated rings. The summed E-state index contributed by atoms with van der Waals surface area (Å²) in [7, 11) is 1.60. The Morgan fingerprint density at radius 1 is 1.00 bits per heavy atom. The van der Waals surface area contributed by atoms with Crippen molar-refractivity contribution in [1.29, 1.82) is 0 Å². The van der Waals surface area contributed by atoms with E-state index in [1.54, 1.807) is 43.5 Å². The zero-order chi connectivity index (χ0) is 27.4. The summed E-state index contributed by atoms with van der Waals surface area (Å²) in [6.45, 7) is 3.67. The van der Waals surface area contributed by atoms with Crippen LogP contribution in [0.3, 0.4) is 0 Å². The summed E-state index contributed by atoms with van der Waals surface area (Å²) in [4.78, 5) is 52.8.